The Hall–Kier alpha value is -2.29. The van der Waals surface area contributed by atoms with Gasteiger partial charge < -0.3 is 9.47 Å². The fourth-order valence-corrected chi connectivity index (χ4v) is 2.67. The van der Waals surface area contributed by atoms with Gasteiger partial charge in [-0.1, -0.05) is 30.3 Å². The Morgan fingerprint density at radius 2 is 1.64 bits per heavy atom. The van der Waals surface area contributed by atoms with Crippen LogP contribution >= 0.6 is 0 Å². The van der Waals surface area contributed by atoms with Gasteiger partial charge in [-0.05, 0) is 55.5 Å². The fourth-order valence-electron chi connectivity index (χ4n) is 2.67. The zero-order valence-corrected chi connectivity index (χ0v) is 12.5. The Bertz CT molecular complexity index is 661. The first-order valence-electron chi connectivity index (χ1n) is 7.79. The first kappa shape index (κ1) is 14.6. The van der Waals surface area contributed by atoms with Crippen LogP contribution in [-0.4, -0.2) is 6.10 Å². The normalized spacial score (nSPS) is 14.7. The standard InChI is InChI=1S/C19H20O3/c20-18-12-10-17(22-16-8-4-5-9-16)11-13-19(18)21-14-15-6-2-1-3-7-15/h1-3,6-7,10-13,16H,4-5,8-9,14H2. The predicted molar refractivity (Wildman–Crippen MR) is 86.4 cm³/mol. The number of hydrogen-bond donors (Lipinski definition) is 0. The third-order valence-corrected chi connectivity index (χ3v) is 3.88. The lowest BCUT2D eigenvalue weighted by Gasteiger charge is -2.11. The Labute approximate surface area is 130 Å². The predicted octanol–water partition coefficient (Wildman–Crippen LogP) is 3.95. The van der Waals surface area contributed by atoms with Crippen LogP contribution in [0.15, 0.2) is 59.4 Å². The van der Waals surface area contributed by atoms with Crippen LogP contribution in [0.25, 0.3) is 0 Å². The van der Waals surface area contributed by atoms with Gasteiger partial charge in [0.2, 0.25) is 5.43 Å². The van der Waals surface area contributed by atoms with E-state index in [2.05, 4.69) is 0 Å². The molecule has 3 heteroatoms. The van der Waals surface area contributed by atoms with Crippen LogP contribution in [0, 0.1) is 0 Å². The average molecular weight is 296 g/mol. The summed E-state index contributed by atoms with van der Waals surface area (Å²) in [5.74, 6) is 1.09. The molecule has 0 heterocycles. The lowest BCUT2D eigenvalue weighted by atomic mass is 10.2. The van der Waals surface area contributed by atoms with Crippen molar-refractivity contribution in [2.75, 3.05) is 0 Å². The van der Waals surface area contributed by atoms with Crippen LogP contribution < -0.4 is 14.9 Å². The van der Waals surface area contributed by atoms with Crippen molar-refractivity contribution in [2.24, 2.45) is 0 Å². The zero-order chi connectivity index (χ0) is 15.2. The topological polar surface area (TPSA) is 35.5 Å². The lowest BCUT2D eigenvalue weighted by molar-refractivity contribution is 0.210. The molecule has 2 aromatic rings. The molecule has 2 aromatic carbocycles. The van der Waals surface area contributed by atoms with Crippen molar-refractivity contribution >= 4 is 0 Å². The molecule has 1 fully saturated rings. The summed E-state index contributed by atoms with van der Waals surface area (Å²) in [6, 6.07) is 16.6. The highest BCUT2D eigenvalue weighted by Crippen LogP contribution is 2.23. The van der Waals surface area contributed by atoms with Gasteiger partial charge >= 0.3 is 0 Å². The van der Waals surface area contributed by atoms with Crippen molar-refractivity contribution in [3.05, 3.63) is 70.4 Å². The molecule has 0 saturated heterocycles. The minimum absolute atomic E-state index is 0.128. The molecular formula is C19H20O3. The number of rotatable bonds is 5. The van der Waals surface area contributed by atoms with Crippen molar-refractivity contribution in [1.29, 1.82) is 0 Å². The second kappa shape index (κ2) is 7.12. The van der Waals surface area contributed by atoms with Gasteiger partial charge in [0.1, 0.15) is 12.4 Å². The smallest absolute Gasteiger partial charge is 0.220 e. The summed E-state index contributed by atoms with van der Waals surface area (Å²) in [6.07, 6.45) is 4.93. The molecule has 0 bridgehead atoms. The van der Waals surface area contributed by atoms with Gasteiger partial charge in [-0.2, -0.15) is 0 Å². The molecule has 1 saturated carbocycles. The summed E-state index contributed by atoms with van der Waals surface area (Å²) in [5.41, 5.74) is 0.910. The first-order valence-corrected chi connectivity index (χ1v) is 7.79. The molecule has 0 unspecified atom stereocenters. The van der Waals surface area contributed by atoms with Gasteiger partial charge in [0, 0.05) is 0 Å². The largest absolute Gasteiger partial charge is 0.490 e. The van der Waals surface area contributed by atoms with Crippen LogP contribution in [0.5, 0.6) is 11.5 Å². The minimum atomic E-state index is -0.128. The summed E-state index contributed by atoms with van der Waals surface area (Å²) < 4.78 is 11.6. The minimum Gasteiger partial charge on any atom is -0.490 e. The van der Waals surface area contributed by atoms with E-state index in [1.807, 2.05) is 36.4 Å². The van der Waals surface area contributed by atoms with Crippen molar-refractivity contribution in [1.82, 2.24) is 0 Å². The molecule has 22 heavy (non-hydrogen) atoms. The van der Waals surface area contributed by atoms with Crippen LogP contribution in [0.2, 0.25) is 0 Å². The number of hydrogen-bond acceptors (Lipinski definition) is 3. The summed E-state index contributed by atoms with van der Waals surface area (Å²) in [7, 11) is 0. The lowest BCUT2D eigenvalue weighted by Crippen LogP contribution is -2.10. The molecule has 0 atom stereocenters. The average Bonchev–Trinajstić information content (AvgIpc) is 2.99. The van der Waals surface area contributed by atoms with Crippen LogP contribution in [0.1, 0.15) is 31.2 Å². The van der Waals surface area contributed by atoms with Crippen molar-refractivity contribution < 1.29 is 9.47 Å². The van der Waals surface area contributed by atoms with Gasteiger partial charge in [-0.15, -0.1) is 0 Å². The highest BCUT2D eigenvalue weighted by atomic mass is 16.5. The van der Waals surface area contributed by atoms with E-state index in [9.17, 15) is 4.79 Å². The van der Waals surface area contributed by atoms with E-state index in [4.69, 9.17) is 9.47 Å². The first-order chi connectivity index (χ1) is 10.8. The van der Waals surface area contributed by atoms with Crippen molar-refractivity contribution in [3.8, 4) is 11.5 Å². The van der Waals surface area contributed by atoms with Crippen molar-refractivity contribution in [2.45, 2.75) is 38.4 Å². The third-order valence-electron chi connectivity index (χ3n) is 3.88. The van der Waals surface area contributed by atoms with Crippen LogP contribution in [0.3, 0.4) is 0 Å². The van der Waals surface area contributed by atoms with Gasteiger partial charge in [0.15, 0.2) is 5.75 Å². The summed E-state index contributed by atoms with van der Waals surface area (Å²) >= 11 is 0. The molecule has 0 radical (unpaired) electrons. The maximum absolute atomic E-state index is 12.0. The van der Waals surface area contributed by atoms with Gasteiger partial charge in [0.25, 0.3) is 0 Å². The van der Waals surface area contributed by atoms with E-state index in [-0.39, 0.29) is 11.5 Å². The Morgan fingerprint density at radius 1 is 0.909 bits per heavy atom. The summed E-state index contributed by atoms with van der Waals surface area (Å²) in [4.78, 5) is 12.0. The van der Waals surface area contributed by atoms with Gasteiger partial charge in [0.05, 0.1) is 6.10 Å². The monoisotopic (exact) mass is 296 g/mol. The maximum atomic E-state index is 12.0. The van der Waals surface area contributed by atoms with E-state index in [0.717, 1.165) is 24.2 Å². The molecule has 0 aliphatic heterocycles. The molecule has 0 N–H and O–H groups in total. The fraction of sp³-hybridized carbons (Fsp3) is 0.316. The Morgan fingerprint density at radius 3 is 2.41 bits per heavy atom. The van der Waals surface area contributed by atoms with E-state index >= 15 is 0 Å². The second-order valence-electron chi connectivity index (χ2n) is 5.60. The van der Waals surface area contributed by atoms with Crippen molar-refractivity contribution in [3.63, 3.8) is 0 Å². The van der Waals surface area contributed by atoms with Gasteiger partial charge in [-0.25, -0.2) is 0 Å². The molecule has 3 rings (SSSR count). The molecule has 1 aliphatic rings. The summed E-state index contributed by atoms with van der Waals surface area (Å²) in [5, 5.41) is 0. The Balaban J connectivity index is 1.69. The number of benzene rings is 1. The molecule has 3 nitrogen and oxygen atoms in total. The van der Waals surface area contributed by atoms with Crippen LogP contribution in [-0.2, 0) is 6.61 Å². The highest BCUT2D eigenvalue weighted by Gasteiger charge is 2.16. The third kappa shape index (κ3) is 3.88. The Kier molecular flexibility index (Phi) is 4.74. The molecular weight excluding hydrogens is 276 g/mol. The number of ether oxygens (including phenoxy) is 2. The van der Waals surface area contributed by atoms with E-state index in [0.29, 0.717) is 12.4 Å². The van der Waals surface area contributed by atoms with E-state index < -0.39 is 0 Å². The maximum Gasteiger partial charge on any atom is 0.220 e. The zero-order valence-electron chi connectivity index (χ0n) is 12.5. The molecule has 1 aliphatic carbocycles. The van der Waals surface area contributed by atoms with Crippen LogP contribution in [0.4, 0.5) is 0 Å². The molecule has 0 spiro atoms. The molecule has 0 amide bonds. The summed E-state index contributed by atoms with van der Waals surface area (Å²) in [6.45, 7) is 0.388. The van der Waals surface area contributed by atoms with E-state index in [1.165, 1.54) is 18.9 Å². The van der Waals surface area contributed by atoms with Gasteiger partial charge in [-0.3, -0.25) is 4.79 Å². The van der Waals surface area contributed by atoms with E-state index in [1.54, 1.807) is 12.1 Å². The molecule has 0 aromatic heterocycles. The second-order valence-corrected chi connectivity index (χ2v) is 5.60. The molecule has 114 valence electrons. The quantitative estimate of drug-likeness (QED) is 0.838. The highest BCUT2D eigenvalue weighted by molar-refractivity contribution is 5.29. The SMILES string of the molecule is O=c1ccc(OC2CCCC2)ccc1OCc1ccccc1.